The molecule has 0 aliphatic carbocycles. The van der Waals surface area contributed by atoms with Crippen molar-refractivity contribution in [1.82, 2.24) is 0 Å². The second-order valence-electron chi connectivity index (χ2n) is 10.6. The molecule has 3 aromatic carbocycles. The van der Waals surface area contributed by atoms with Crippen molar-refractivity contribution in [2.45, 2.75) is 98.3 Å². The van der Waals surface area contributed by atoms with E-state index < -0.39 is 0 Å². The Hall–Kier alpha value is -3.73. The molecule has 0 aliphatic heterocycles. The van der Waals surface area contributed by atoms with E-state index in [0.29, 0.717) is 23.5 Å². The summed E-state index contributed by atoms with van der Waals surface area (Å²) in [6.07, 6.45) is 13.7. The molecule has 0 atom stereocenters. The Kier molecular flexibility index (Phi) is 16.6. The summed E-state index contributed by atoms with van der Waals surface area (Å²) in [4.78, 5) is 33.9. The summed E-state index contributed by atoms with van der Waals surface area (Å²) < 4.78 is 11.0. The smallest absolute Gasteiger partial charge is 0.343 e. The highest BCUT2D eigenvalue weighted by Crippen LogP contribution is 2.24. The molecule has 0 amide bonds. The van der Waals surface area contributed by atoms with Crippen LogP contribution in [0.25, 0.3) is 11.1 Å². The number of hydrogen-bond acceptors (Lipinski definition) is 5. The van der Waals surface area contributed by atoms with Crippen LogP contribution >= 0.6 is 0 Å². The standard InChI is InChI=1S/C35H44O4.C2H4O/c1-4-6-8-10-11-13-25-38-34(36)31-18-16-29(17-19-31)30-21-23-33(24-22-30)39-35(37)32-20-15-28(27(3)26-32)14-12-9-7-5-2;1-2-3/h15-24,26H,4-14,25H2,1-3H3;2H,1H3. The summed E-state index contributed by atoms with van der Waals surface area (Å²) >= 11 is 0. The fourth-order valence-corrected chi connectivity index (χ4v) is 4.66. The van der Waals surface area contributed by atoms with Crippen molar-refractivity contribution in [2.24, 2.45) is 0 Å². The first-order chi connectivity index (χ1) is 20.4. The summed E-state index contributed by atoms with van der Waals surface area (Å²) in [6, 6.07) is 20.7. The average Bonchev–Trinajstić information content (AvgIpc) is 3.00. The lowest BCUT2D eigenvalue weighted by Gasteiger charge is -2.10. The van der Waals surface area contributed by atoms with Crippen LogP contribution in [-0.2, 0) is 16.0 Å². The Morgan fingerprint density at radius 2 is 1.19 bits per heavy atom. The first kappa shape index (κ1) is 34.5. The molecular weight excluding hydrogens is 524 g/mol. The molecule has 5 heteroatoms. The monoisotopic (exact) mass is 572 g/mol. The van der Waals surface area contributed by atoms with Crippen molar-refractivity contribution < 1.29 is 23.9 Å². The minimum absolute atomic E-state index is 0.280. The van der Waals surface area contributed by atoms with Crippen LogP contribution in [-0.4, -0.2) is 24.8 Å². The van der Waals surface area contributed by atoms with Gasteiger partial charge in [0.1, 0.15) is 12.0 Å². The lowest BCUT2D eigenvalue weighted by molar-refractivity contribution is -0.106. The number of ether oxygens (including phenoxy) is 2. The lowest BCUT2D eigenvalue weighted by Crippen LogP contribution is -2.09. The van der Waals surface area contributed by atoms with Gasteiger partial charge in [-0.05, 0) is 91.8 Å². The molecule has 0 N–H and O–H groups in total. The molecule has 0 saturated carbocycles. The van der Waals surface area contributed by atoms with Gasteiger partial charge in [0.15, 0.2) is 0 Å². The van der Waals surface area contributed by atoms with Gasteiger partial charge in [-0.15, -0.1) is 0 Å². The van der Waals surface area contributed by atoms with Crippen LogP contribution in [0.1, 0.15) is 117 Å². The molecule has 5 nitrogen and oxygen atoms in total. The van der Waals surface area contributed by atoms with Gasteiger partial charge >= 0.3 is 11.9 Å². The van der Waals surface area contributed by atoms with Gasteiger partial charge in [0.25, 0.3) is 0 Å². The Labute approximate surface area is 252 Å². The quantitative estimate of drug-likeness (QED) is 0.0739. The minimum Gasteiger partial charge on any atom is -0.462 e. The predicted octanol–water partition coefficient (Wildman–Crippen LogP) is 9.73. The summed E-state index contributed by atoms with van der Waals surface area (Å²) in [5.74, 6) is -0.135. The van der Waals surface area contributed by atoms with E-state index >= 15 is 0 Å². The van der Waals surface area contributed by atoms with Crippen molar-refractivity contribution in [1.29, 1.82) is 0 Å². The minimum atomic E-state index is -0.354. The average molecular weight is 573 g/mol. The third kappa shape index (κ3) is 12.4. The maximum atomic E-state index is 12.7. The number of aldehydes is 1. The maximum absolute atomic E-state index is 12.7. The largest absolute Gasteiger partial charge is 0.462 e. The SMILES string of the molecule is CC=O.CCCCCCCCOC(=O)c1ccc(-c2ccc(OC(=O)c3ccc(CCCCCC)c(C)c3)cc2)cc1. The highest BCUT2D eigenvalue weighted by atomic mass is 16.5. The van der Waals surface area contributed by atoms with Crippen LogP contribution in [0.3, 0.4) is 0 Å². The van der Waals surface area contributed by atoms with E-state index in [2.05, 4.69) is 26.8 Å². The van der Waals surface area contributed by atoms with Crippen molar-refractivity contribution in [2.75, 3.05) is 6.61 Å². The maximum Gasteiger partial charge on any atom is 0.343 e. The number of rotatable bonds is 16. The van der Waals surface area contributed by atoms with Crippen molar-refractivity contribution in [3.05, 3.63) is 89.0 Å². The molecule has 0 radical (unpaired) electrons. The van der Waals surface area contributed by atoms with E-state index in [4.69, 9.17) is 14.3 Å². The fraction of sp³-hybridized carbons (Fsp3) is 0.432. The van der Waals surface area contributed by atoms with Gasteiger partial charge in [0.05, 0.1) is 17.7 Å². The molecule has 42 heavy (non-hydrogen) atoms. The third-order valence-corrected chi connectivity index (χ3v) is 7.13. The van der Waals surface area contributed by atoms with E-state index in [1.807, 2.05) is 36.4 Å². The Morgan fingerprint density at radius 1 is 0.667 bits per heavy atom. The molecule has 0 aromatic heterocycles. The molecule has 0 heterocycles. The van der Waals surface area contributed by atoms with Crippen LogP contribution in [0.15, 0.2) is 66.7 Å². The normalized spacial score (nSPS) is 10.4. The summed E-state index contributed by atoms with van der Waals surface area (Å²) in [7, 11) is 0. The molecule has 226 valence electrons. The molecular formula is C37H48O5. The first-order valence-corrected chi connectivity index (χ1v) is 15.5. The molecule has 3 rings (SSSR count). The second kappa shape index (κ2) is 20.2. The highest BCUT2D eigenvalue weighted by Gasteiger charge is 2.12. The van der Waals surface area contributed by atoms with Crippen LogP contribution in [0.5, 0.6) is 5.75 Å². The van der Waals surface area contributed by atoms with Gasteiger partial charge < -0.3 is 14.3 Å². The summed E-state index contributed by atoms with van der Waals surface area (Å²) in [5.41, 5.74) is 5.50. The van der Waals surface area contributed by atoms with Gasteiger partial charge in [0.2, 0.25) is 0 Å². The second-order valence-corrected chi connectivity index (χ2v) is 10.6. The number of aryl methyl sites for hydroxylation is 2. The molecule has 0 spiro atoms. The Bertz CT molecular complexity index is 1210. The van der Waals surface area contributed by atoms with Gasteiger partial charge in [-0.3, -0.25) is 0 Å². The van der Waals surface area contributed by atoms with Gasteiger partial charge in [-0.25, -0.2) is 9.59 Å². The lowest BCUT2D eigenvalue weighted by atomic mass is 9.99. The van der Waals surface area contributed by atoms with Gasteiger partial charge in [0, 0.05) is 0 Å². The zero-order chi connectivity index (χ0) is 30.6. The number of carbonyl (C=O) groups excluding carboxylic acids is 3. The zero-order valence-corrected chi connectivity index (χ0v) is 26.0. The van der Waals surface area contributed by atoms with Crippen LogP contribution < -0.4 is 4.74 Å². The third-order valence-electron chi connectivity index (χ3n) is 7.13. The highest BCUT2D eigenvalue weighted by molar-refractivity contribution is 5.91. The molecule has 0 aliphatic rings. The number of hydrogen-bond donors (Lipinski definition) is 0. The van der Waals surface area contributed by atoms with Gasteiger partial charge in [-0.1, -0.05) is 95.5 Å². The van der Waals surface area contributed by atoms with Crippen LogP contribution in [0, 0.1) is 6.92 Å². The van der Waals surface area contributed by atoms with E-state index in [-0.39, 0.29) is 11.9 Å². The van der Waals surface area contributed by atoms with E-state index in [0.717, 1.165) is 42.2 Å². The first-order valence-electron chi connectivity index (χ1n) is 15.5. The van der Waals surface area contributed by atoms with Crippen molar-refractivity contribution in [3.8, 4) is 16.9 Å². The number of unbranched alkanes of at least 4 members (excludes halogenated alkanes) is 8. The number of carbonyl (C=O) groups is 3. The summed E-state index contributed by atoms with van der Waals surface area (Å²) in [5, 5.41) is 0. The van der Waals surface area contributed by atoms with E-state index in [1.165, 1.54) is 63.9 Å². The molecule has 0 fully saturated rings. The molecule has 0 bridgehead atoms. The summed E-state index contributed by atoms with van der Waals surface area (Å²) in [6.45, 7) is 8.39. The Morgan fingerprint density at radius 3 is 1.79 bits per heavy atom. The molecule has 0 saturated heterocycles. The van der Waals surface area contributed by atoms with Crippen LogP contribution in [0.4, 0.5) is 0 Å². The van der Waals surface area contributed by atoms with E-state index in [1.54, 1.807) is 24.3 Å². The predicted molar refractivity (Wildman–Crippen MR) is 171 cm³/mol. The van der Waals surface area contributed by atoms with Gasteiger partial charge in [-0.2, -0.15) is 0 Å². The topological polar surface area (TPSA) is 69.7 Å². The molecule has 0 unspecified atom stereocenters. The number of esters is 2. The number of benzene rings is 3. The fourth-order valence-electron chi connectivity index (χ4n) is 4.66. The van der Waals surface area contributed by atoms with E-state index in [9.17, 15) is 9.59 Å². The Balaban J connectivity index is 0.00000197. The van der Waals surface area contributed by atoms with Crippen molar-refractivity contribution >= 4 is 18.2 Å². The van der Waals surface area contributed by atoms with Crippen LogP contribution in [0.2, 0.25) is 0 Å². The van der Waals surface area contributed by atoms with Crippen molar-refractivity contribution in [3.63, 3.8) is 0 Å². The molecule has 3 aromatic rings. The zero-order valence-electron chi connectivity index (χ0n) is 26.0.